The minimum absolute atomic E-state index is 0.0189. The molecule has 0 aromatic heterocycles. The lowest BCUT2D eigenvalue weighted by Gasteiger charge is -2.26. The third kappa shape index (κ3) is 4.64. The molecule has 2 aliphatic heterocycles. The third-order valence-corrected chi connectivity index (χ3v) is 6.32. The van der Waals surface area contributed by atoms with Crippen molar-refractivity contribution in [3.63, 3.8) is 0 Å². The molecule has 9 heteroatoms. The number of benzene rings is 3. The number of carbonyl (C=O) groups is 2. The van der Waals surface area contributed by atoms with Crippen molar-refractivity contribution in [3.8, 4) is 11.5 Å². The van der Waals surface area contributed by atoms with E-state index in [0.717, 1.165) is 23.3 Å². The van der Waals surface area contributed by atoms with Gasteiger partial charge in [0.25, 0.3) is 11.7 Å². The molecule has 0 aliphatic carbocycles. The Labute approximate surface area is 210 Å². The van der Waals surface area contributed by atoms with Crippen LogP contribution in [0.15, 0.2) is 72.3 Å². The molecular weight excluding hydrogens is 487 g/mol. The molecular formula is C28H22F3NO5. The first-order valence-electron chi connectivity index (χ1n) is 11.5. The first kappa shape index (κ1) is 24.4. The monoisotopic (exact) mass is 509 g/mol. The molecule has 0 bridgehead atoms. The molecule has 1 amide bonds. The highest BCUT2D eigenvalue weighted by Gasteiger charge is 2.47. The zero-order valence-electron chi connectivity index (χ0n) is 19.9. The molecule has 1 fully saturated rings. The van der Waals surface area contributed by atoms with E-state index in [4.69, 9.17) is 4.74 Å². The maximum absolute atomic E-state index is 13.3. The number of aliphatic hydroxyl groups excluding tert-OH is 1. The second kappa shape index (κ2) is 8.99. The molecule has 3 aromatic rings. The Bertz CT molecular complexity index is 1430. The van der Waals surface area contributed by atoms with Crippen LogP contribution in [0.1, 0.15) is 35.2 Å². The van der Waals surface area contributed by atoms with Gasteiger partial charge in [0.15, 0.2) is 0 Å². The van der Waals surface area contributed by atoms with Gasteiger partial charge in [0.2, 0.25) is 0 Å². The van der Waals surface area contributed by atoms with Gasteiger partial charge in [0, 0.05) is 17.7 Å². The van der Waals surface area contributed by atoms with Crippen LogP contribution in [-0.2, 0) is 16.0 Å². The van der Waals surface area contributed by atoms with Crippen molar-refractivity contribution < 1.29 is 37.3 Å². The van der Waals surface area contributed by atoms with Gasteiger partial charge < -0.3 is 14.6 Å². The zero-order valence-corrected chi connectivity index (χ0v) is 19.9. The number of aryl methyl sites for hydroxylation is 1. The number of amides is 1. The smallest absolute Gasteiger partial charge is 0.507 e. The number of aliphatic hydroxyl groups is 1. The minimum atomic E-state index is -4.87. The number of carbonyl (C=O) groups excluding carboxylic acids is 2. The SMILES string of the molecule is Cc1cccc(C2/C(=C(/O)c3ccc4c(c3)CC(C)O4)C(=O)C(=O)N2c2ccc(OC(F)(F)F)cc2)c1. The van der Waals surface area contributed by atoms with E-state index in [-0.39, 0.29) is 23.1 Å². The molecule has 2 unspecified atom stereocenters. The van der Waals surface area contributed by atoms with Gasteiger partial charge in [-0.15, -0.1) is 13.2 Å². The van der Waals surface area contributed by atoms with E-state index in [1.54, 1.807) is 36.4 Å². The van der Waals surface area contributed by atoms with Crippen molar-refractivity contribution in [1.29, 1.82) is 0 Å². The van der Waals surface area contributed by atoms with E-state index in [9.17, 15) is 27.9 Å². The molecule has 0 saturated carbocycles. The number of alkyl halides is 3. The quantitative estimate of drug-likeness (QED) is 0.272. The van der Waals surface area contributed by atoms with Gasteiger partial charge in [-0.05, 0) is 67.4 Å². The Kier molecular flexibility index (Phi) is 5.94. The Morgan fingerprint density at radius 1 is 1.05 bits per heavy atom. The highest BCUT2D eigenvalue weighted by molar-refractivity contribution is 6.51. The predicted octanol–water partition coefficient (Wildman–Crippen LogP) is 5.84. The molecule has 1 N–H and O–H groups in total. The summed E-state index contributed by atoms with van der Waals surface area (Å²) in [6, 6.07) is 15.9. The summed E-state index contributed by atoms with van der Waals surface area (Å²) < 4.78 is 47.5. The molecule has 6 nitrogen and oxygen atoms in total. The van der Waals surface area contributed by atoms with E-state index in [1.807, 2.05) is 19.9 Å². The van der Waals surface area contributed by atoms with E-state index in [0.29, 0.717) is 23.3 Å². The van der Waals surface area contributed by atoms with Gasteiger partial charge in [-0.25, -0.2) is 0 Å². The Morgan fingerprint density at radius 2 is 1.78 bits per heavy atom. The molecule has 190 valence electrons. The summed E-state index contributed by atoms with van der Waals surface area (Å²) in [6.07, 6.45) is -4.25. The fourth-order valence-corrected chi connectivity index (χ4v) is 4.79. The van der Waals surface area contributed by atoms with Crippen molar-refractivity contribution >= 4 is 23.1 Å². The van der Waals surface area contributed by atoms with E-state index in [2.05, 4.69) is 4.74 Å². The van der Waals surface area contributed by atoms with Crippen LogP contribution < -0.4 is 14.4 Å². The van der Waals surface area contributed by atoms with E-state index in [1.165, 1.54) is 17.0 Å². The molecule has 2 heterocycles. The van der Waals surface area contributed by atoms with Gasteiger partial charge in [0.05, 0.1) is 11.6 Å². The summed E-state index contributed by atoms with van der Waals surface area (Å²) >= 11 is 0. The molecule has 0 spiro atoms. The van der Waals surface area contributed by atoms with Crippen LogP contribution in [0.5, 0.6) is 11.5 Å². The molecule has 1 saturated heterocycles. The van der Waals surface area contributed by atoms with Gasteiger partial charge in [-0.2, -0.15) is 0 Å². The second-order valence-corrected chi connectivity index (χ2v) is 9.08. The summed E-state index contributed by atoms with van der Waals surface area (Å²) in [7, 11) is 0. The number of ketones is 1. The topological polar surface area (TPSA) is 76.1 Å². The molecule has 2 aliphatic rings. The third-order valence-electron chi connectivity index (χ3n) is 6.32. The number of Topliss-reactive ketones (excluding diaryl/α,β-unsaturated/α-hetero) is 1. The summed E-state index contributed by atoms with van der Waals surface area (Å²) in [4.78, 5) is 27.7. The molecule has 3 aromatic carbocycles. The van der Waals surface area contributed by atoms with Crippen molar-refractivity contribution in [3.05, 3.63) is 94.6 Å². The van der Waals surface area contributed by atoms with Gasteiger partial charge in [-0.1, -0.05) is 29.8 Å². The number of hydrogen-bond acceptors (Lipinski definition) is 5. The van der Waals surface area contributed by atoms with Crippen molar-refractivity contribution in [2.45, 2.75) is 38.8 Å². The van der Waals surface area contributed by atoms with Crippen LogP contribution in [0, 0.1) is 6.92 Å². The minimum Gasteiger partial charge on any atom is -0.507 e. The van der Waals surface area contributed by atoms with Crippen molar-refractivity contribution in [2.75, 3.05) is 4.90 Å². The summed E-state index contributed by atoms with van der Waals surface area (Å²) in [6.45, 7) is 3.77. The number of ether oxygens (including phenoxy) is 2. The number of fused-ring (bicyclic) bond motifs is 1. The normalized spacial score (nSPS) is 20.6. The number of halogens is 3. The van der Waals surface area contributed by atoms with Crippen LogP contribution in [0.25, 0.3) is 5.76 Å². The first-order valence-corrected chi connectivity index (χ1v) is 11.5. The number of anilines is 1. The maximum atomic E-state index is 13.3. The van der Waals surface area contributed by atoms with Gasteiger partial charge in [-0.3, -0.25) is 14.5 Å². The van der Waals surface area contributed by atoms with Gasteiger partial charge in [0.1, 0.15) is 23.4 Å². The fourth-order valence-electron chi connectivity index (χ4n) is 4.79. The first-order chi connectivity index (χ1) is 17.5. The maximum Gasteiger partial charge on any atom is 0.573 e. The van der Waals surface area contributed by atoms with Crippen LogP contribution in [0.4, 0.5) is 18.9 Å². The summed E-state index contributed by atoms with van der Waals surface area (Å²) in [5.41, 5.74) is 2.73. The molecule has 2 atom stereocenters. The number of hydrogen-bond donors (Lipinski definition) is 1. The van der Waals surface area contributed by atoms with Crippen LogP contribution >= 0.6 is 0 Å². The average molecular weight is 509 g/mol. The molecule has 0 radical (unpaired) electrons. The van der Waals surface area contributed by atoms with Crippen LogP contribution in [0.3, 0.4) is 0 Å². The zero-order chi connectivity index (χ0) is 26.5. The highest BCUT2D eigenvalue weighted by atomic mass is 19.4. The van der Waals surface area contributed by atoms with Crippen molar-refractivity contribution in [1.82, 2.24) is 0 Å². The standard InChI is InChI=1S/C28H22F3NO5/c1-15-4-3-5-17(12-15)24-23(25(33)18-6-11-22-19(14-18)13-16(2)36-22)26(34)27(35)32(24)20-7-9-21(10-8-20)37-28(29,30)31/h3-12,14,16,24,33H,13H2,1-2H3/b25-23-. The summed E-state index contributed by atoms with van der Waals surface area (Å²) in [5, 5.41) is 11.3. The lowest BCUT2D eigenvalue weighted by Crippen LogP contribution is -2.29. The second-order valence-electron chi connectivity index (χ2n) is 9.08. The Hall–Kier alpha value is -4.27. The Balaban J connectivity index is 1.62. The summed E-state index contributed by atoms with van der Waals surface area (Å²) in [5.74, 6) is -1.91. The average Bonchev–Trinajstić information content (AvgIpc) is 3.34. The lowest BCUT2D eigenvalue weighted by molar-refractivity contribution is -0.274. The van der Waals surface area contributed by atoms with Crippen LogP contribution in [-0.4, -0.2) is 29.3 Å². The van der Waals surface area contributed by atoms with Crippen LogP contribution in [0.2, 0.25) is 0 Å². The largest absolute Gasteiger partial charge is 0.573 e. The Morgan fingerprint density at radius 3 is 2.46 bits per heavy atom. The number of nitrogens with zero attached hydrogens (tertiary/aromatic N) is 1. The number of rotatable bonds is 4. The lowest BCUT2D eigenvalue weighted by atomic mass is 9.93. The fraction of sp³-hybridized carbons (Fsp3) is 0.214. The molecule has 37 heavy (non-hydrogen) atoms. The van der Waals surface area contributed by atoms with Gasteiger partial charge >= 0.3 is 6.36 Å². The van der Waals surface area contributed by atoms with Crippen molar-refractivity contribution in [2.24, 2.45) is 0 Å². The molecule has 5 rings (SSSR count). The van der Waals surface area contributed by atoms with E-state index >= 15 is 0 Å². The predicted molar refractivity (Wildman–Crippen MR) is 129 cm³/mol. The highest BCUT2D eigenvalue weighted by Crippen LogP contribution is 2.43. The van der Waals surface area contributed by atoms with E-state index < -0.39 is 29.8 Å².